The highest BCUT2D eigenvalue weighted by Gasteiger charge is 2.24. The van der Waals surface area contributed by atoms with E-state index in [4.69, 9.17) is 4.74 Å². The second kappa shape index (κ2) is 9.79. The summed E-state index contributed by atoms with van der Waals surface area (Å²) < 4.78 is 44.9. The average molecular weight is 525 g/mol. The highest BCUT2D eigenvalue weighted by Crippen LogP contribution is 2.33. The third kappa shape index (κ3) is 4.98. The number of carbonyl (C=O) groups is 1. The number of ether oxygens (including phenoxy) is 1. The monoisotopic (exact) mass is 524 g/mol. The molecule has 0 bridgehead atoms. The van der Waals surface area contributed by atoms with Gasteiger partial charge in [0.1, 0.15) is 11.6 Å². The number of piperazine rings is 1. The van der Waals surface area contributed by atoms with E-state index in [1.807, 2.05) is 11.0 Å². The van der Waals surface area contributed by atoms with Crippen molar-refractivity contribution in [1.82, 2.24) is 19.5 Å². The van der Waals surface area contributed by atoms with E-state index in [9.17, 15) is 17.6 Å². The maximum absolute atomic E-state index is 14.6. The van der Waals surface area contributed by atoms with Gasteiger partial charge in [-0.25, -0.2) is 12.8 Å². The number of nitrogens with one attached hydrogen (secondary N) is 2. The van der Waals surface area contributed by atoms with Crippen LogP contribution < -0.4 is 15.0 Å². The van der Waals surface area contributed by atoms with Crippen LogP contribution in [0.1, 0.15) is 10.4 Å². The number of aromatic nitrogens is 3. The summed E-state index contributed by atoms with van der Waals surface area (Å²) in [4.78, 5) is 19.5. The molecule has 2 aromatic heterocycles. The van der Waals surface area contributed by atoms with Gasteiger partial charge < -0.3 is 15.0 Å². The topological polar surface area (TPSA) is 121 Å². The minimum absolute atomic E-state index is 0.217. The number of anilines is 2. The summed E-state index contributed by atoms with van der Waals surface area (Å²) in [6.07, 6.45) is 2.73. The quantitative estimate of drug-likeness (QED) is 0.398. The average Bonchev–Trinajstić information content (AvgIpc) is 3.30. The number of hydrogen-bond donors (Lipinski definition) is 2. The summed E-state index contributed by atoms with van der Waals surface area (Å²) in [5.41, 5.74) is 2.38. The first kappa shape index (κ1) is 24.7. The van der Waals surface area contributed by atoms with Crippen molar-refractivity contribution in [2.24, 2.45) is 0 Å². The Morgan fingerprint density at radius 1 is 1.11 bits per heavy atom. The van der Waals surface area contributed by atoms with Crippen molar-refractivity contribution in [2.75, 3.05) is 49.8 Å². The number of benzene rings is 2. The number of sulfonamides is 1. The van der Waals surface area contributed by atoms with E-state index in [-0.39, 0.29) is 17.3 Å². The summed E-state index contributed by atoms with van der Waals surface area (Å²) in [6.45, 7) is 1.82. The van der Waals surface area contributed by atoms with E-state index in [1.54, 1.807) is 36.4 Å². The smallest absolute Gasteiger partial charge is 0.256 e. The van der Waals surface area contributed by atoms with Gasteiger partial charge in [-0.05, 0) is 36.4 Å². The molecule has 1 amide bonds. The second-order valence-corrected chi connectivity index (χ2v) is 10.6. The van der Waals surface area contributed by atoms with E-state index in [1.165, 1.54) is 29.9 Å². The van der Waals surface area contributed by atoms with Crippen LogP contribution in [0.15, 0.2) is 54.7 Å². The first-order valence-corrected chi connectivity index (χ1v) is 13.4. The van der Waals surface area contributed by atoms with Crippen LogP contribution in [0, 0.1) is 5.82 Å². The summed E-state index contributed by atoms with van der Waals surface area (Å²) >= 11 is 0. The van der Waals surface area contributed by atoms with Crippen LogP contribution in [0.2, 0.25) is 0 Å². The van der Waals surface area contributed by atoms with Gasteiger partial charge in [0.2, 0.25) is 10.0 Å². The van der Waals surface area contributed by atoms with Gasteiger partial charge in [0, 0.05) is 42.8 Å². The molecule has 0 saturated carbocycles. The molecule has 0 atom stereocenters. The third-order valence-corrected chi connectivity index (χ3v) is 7.61. The van der Waals surface area contributed by atoms with Crippen LogP contribution in [0.4, 0.5) is 15.9 Å². The van der Waals surface area contributed by atoms with Gasteiger partial charge in [-0.1, -0.05) is 12.1 Å². The van der Waals surface area contributed by atoms with Crippen LogP contribution in [0.5, 0.6) is 5.75 Å². The summed E-state index contributed by atoms with van der Waals surface area (Å²) in [5, 5.41) is 10.4. The summed E-state index contributed by atoms with van der Waals surface area (Å²) in [5.74, 6) is -0.220. The predicted molar refractivity (Wildman–Crippen MR) is 139 cm³/mol. The van der Waals surface area contributed by atoms with Crippen molar-refractivity contribution in [2.45, 2.75) is 0 Å². The van der Waals surface area contributed by atoms with Crippen LogP contribution in [-0.2, 0) is 10.0 Å². The minimum Gasteiger partial charge on any atom is -0.496 e. The molecular weight excluding hydrogens is 499 g/mol. The molecule has 0 spiro atoms. The first-order valence-electron chi connectivity index (χ1n) is 11.5. The molecule has 3 heterocycles. The van der Waals surface area contributed by atoms with E-state index < -0.39 is 15.8 Å². The minimum atomic E-state index is -3.23. The number of halogens is 1. The number of nitrogens with zero attached hydrogens (tertiary/aromatic N) is 4. The number of carbonyl (C=O) groups excluding carboxylic acids is 1. The molecule has 0 aliphatic carbocycles. The SMILES string of the molecule is COc1cccc(F)c1-c1cc2c(NC(=O)c3cccc(N4CCN(S(C)(=O)=O)CC4)c3)n[nH]c2cn1. The zero-order chi connectivity index (χ0) is 26.2. The normalized spacial score (nSPS) is 14.6. The molecule has 0 radical (unpaired) electrons. The Hall–Kier alpha value is -4.03. The van der Waals surface area contributed by atoms with Crippen molar-refractivity contribution >= 4 is 38.3 Å². The van der Waals surface area contributed by atoms with E-state index in [0.717, 1.165) is 5.69 Å². The van der Waals surface area contributed by atoms with E-state index in [2.05, 4.69) is 20.5 Å². The lowest BCUT2D eigenvalue weighted by Gasteiger charge is -2.34. The summed E-state index contributed by atoms with van der Waals surface area (Å²) in [7, 11) is -1.77. The van der Waals surface area contributed by atoms with Crippen molar-refractivity contribution in [3.8, 4) is 17.0 Å². The van der Waals surface area contributed by atoms with Crippen molar-refractivity contribution in [3.05, 3.63) is 66.1 Å². The summed E-state index contributed by atoms with van der Waals surface area (Å²) in [6, 6.07) is 13.3. The van der Waals surface area contributed by atoms with Gasteiger partial charge in [0.25, 0.3) is 5.91 Å². The van der Waals surface area contributed by atoms with Crippen LogP contribution >= 0.6 is 0 Å². The molecular formula is C25H25FN6O4S. The zero-order valence-electron chi connectivity index (χ0n) is 20.2. The van der Waals surface area contributed by atoms with Gasteiger partial charge in [0.15, 0.2) is 5.82 Å². The van der Waals surface area contributed by atoms with Crippen LogP contribution in [0.3, 0.4) is 0 Å². The van der Waals surface area contributed by atoms with Crippen LogP contribution in [-0.4, -0.2) is 73.4 Å². The Morgan fingerprint density at radius 2 is 1.86 bits per heavy atom. The molecule has 37 heavy (non-hydrogen) atoms. The molecule has 192 valence electrons. The Morgan fingerprint density at radius 3 is 2.59 bits per heavy atom. The number of H-pyrrole nitrogens is 1. The van der Waals surface area contributed by atoms with Crippen molar-refractivity contribution in [1.29, 1.82) is 0 Å². The molecule has 2 aromatic carbocycles. The fourth-order valence-electron chi connectivity index (χ4n) is 4.37. The largest absolute Gasteiger partial charge is 0.496 e. The van der Waals surface area contributed by atoms with Gasteiger partial charge in [-0.2, -0.15) is 9.40 Å². The number of rotatable bonds is 6. The van der Waals surface area contributed by atoms with E-state index in [0.29, 0.717) is 54.1 Å². The molecule has 5 rings (SSSR count). The standard InChI is InChI=1S/C25H25FN6O4S/c1-36-22-8-4-7-19(26)23(22)20-14-18-21(15-27-20)29-30-24(18)28-25(33)16-5-3-6-17(13-16)31-9-11-32(12-10-31)37(2,34)35/h3-8,13-15H,9-12H2,1-2H3,(H2,28,29,30,33). The zero-order valence-corrected chi connectivity index (χ0v) is 21.0. The maximum atomic E-state index is 14.6. The Labute approximate surface area is 213 Å². The first-order chi connectivity index (χ1) is 17.7. The molecule has 4 aromatic rings. The van der Waals surface area contributed by atoms with Gasteiger partial charge in [-0.15, -0.1) is 0 Å². The van der Waals surface area contributed by atoms with Crippen molar-refractivity contribution < 1.29 is 22.3 Å². The fraction of sp³-hybridized carbons (Fsp3) is 0.240. The lowest BCUT2D eigenvalue weighted by atomic mass is 10.1. The second-order valence-electron chi connectivity index (χ2n) is 8.66. The Bertz CT molecular complexity index is 1580. The molecule has 12 heteroatoms. The predicted octanol–water partition coefficient (Wildman–Crippen LogP) is 3.11. The lowest BCUT2D eigenvalue weighted by molar-refractivity contribution is 0.102. The van der Waals surface area contributed by atoms with Gasteiger partial charge >= 0.3 is 0 Å². The number of fused-ring (bicyclic) bond motifs is 1. The van der Waals surface area contributed by atoms with Gasteiger partial charge in [0.05, 0.1) is 36.3 Å². The third-order valence-electron chi connectivity index (χ3n) is 6.31. The number of aromatic amines is 1. The fourth-order valence-corrected chi connectivity index (χ4v) is 5.20. The Balaban J connectivity index is 1.38. The molecule has 2 N–H and O–H groups in total. The number of amides is 1. The molecule has 1 aliphatic rings. The molecule has 1 aliphatic heterocycles. The highest BCUT2D eigenvalue weighted by molar-refractivity contribution is 7.88. The number of pyridine rings is 1. The molecule has 1 saturated heterocycles. The molecule has 0 unspecified atom stereocenters. The number of hydrogen-bond acceptors (Lipinski definition) is 7. The van der Waals surface area contributed by atoms with Crippen molar-refractivity contribution in [3.63, 3.8) is 0 Å². The van der Waals surface area contributed by atoms with E-state index >= 15 is 0 Å². The lowest BCUT2D eigenvalue weighted by Crippen LogP contribution is -2.48. The molecule has 1 fully saturated rings. The Kier molecular flexibility index (Phi) is 6.52. The van der Waals surface area contributed by atoms with Crippen LogP contribution in [0.25, 0.3) is 22.2 Å². The number of methoxy groups -OCH3 is 1. The molecule has 10 nitrogen and oxygen atoms in total. The maximum Gasteiger partial charge on any atom is 0.256 e. The van der Waals surface area contributed by atoms with Gasteiger partial charge in [-0.3, -0.25) is 14.9 Å². The highest BCUT2D eigenvalue weighted by atomic mass is 32.2.